The van der Waals surface area contributed by atoms with Crippen LogP contribution in [0, 0.1) is 0 Å². The first-order valence-corrected chi connectivity index (χ1v) is 14.9. The van der Waals surface area contributed by atoms with Crippen LogP contribution in [-0.4, -0.2) is 40.7 Å². The molecule has 10 heteroatoms. The Kier molecular flexibility index (Phi) is 8.83. The van der Waals surface area contributed by atoms with Gasteiger partial charge in [-0.25, -0.2) is 9.78 Å². The van der Waals surface area contributed by atoms with Gasteiger partial charge in [-0.1, -0.05) is 36.4 Å². The molecule has 1 N–H and O–H groups in total. The molecule has 0 spiro atoms. The number of methoxy groups -OCH3 is 1. The van der Waals surface area contributed by atoms with Crippen LogP contribution >= 0.6 is 0 Å². The van der Waals surface area contributed by atoms with E-state index >= 15 is 0 Å². The van der Waals surface area contributed by atoms with Crippen LogP contribution < -0.4 is 19.8 Å². The Balaban J connectivity index is 1.43. The van der Waals surface area contributed by atoms with Crippen molar-refractivity contribution in [2.24, 2.45) is 5.10 Å². The van der Waals surface area contributed by atoms with Gasteiger partial charge in [-0.3, -0.25) is 4.79 Å². The van der Waals surface area contributed by atoms with Crippen molar-refractivity contribution in [1.29, 1.82) is 0 Å². The first-order chi connectivity index (χ1) is 22.9. The molecule has 0 radical (unpaired) electrons. The monoisotopic (exact) mass is 629 g/mol. The zero-order valence-corrected chi connectivity index (χ0v) is 25.8. The van der Waals surface area contributed by atoms with Gasteiger partial charge < -0.3 is 23.7 Å². The van der Waals surface area contributed by atoms with Gasteiger partial charge in [0.15, 0.2) is 17.3 Å². The smallest absolute Gasteiger partial charge is 0.335 e. The predicted octanol–water partition coefficient (Wildman–Crippen LogP) is 7.10. The number of hydrogen-bond acceptors (Lipinski definition) is 8. The molecule has 0 aliphatic heterocycles. The summed E-state index contributed by atoms with van der Waals surface area (Å²) in [7, 11) is 1.58. The number of rotatable bonds is 12. The van der Waals surface area contributed by atoms with E-state index in [4.69, 9.17) is 23.6 Å². The minimum atomic E-state index is -1.01. The number of aromatic carboxylic acids is 1. The summed E-state index contributed by atoms with van der Waals surface area (Å²) in [6.07, 6.45) is 3.76. The highest BCUT2D eigenvalue weighted by Gasteiger charge is 2.19. The number of carboxylic acid groups (broad SMARTS) is 1. The highest BCUT2D eigenvalue weighted by Crippen LogP contribution is 2.35. The maximum Gasteiger partial charge on any atom is 0.335 e. The topological polar surface area (TPSA) is 125 Å². The molecule has 4 aromatic carbocycles. The summed E-state index contributed by atoms with van der Waals surface area (Å²) in [6, 6.07) is 24.5. The summed E-state index contributed by atoms with van der Waals surface area (Å²) in [5, 5.41) is 15.1. The molecule has 0 saturated carbocycles. The normalized spacial score (nSPS) is 11.3. The van der Waals surface area contributed by atoms with E-state index in [-0.39, 0.29) is 23.6 Å². The Morgan fingerprint density at radius 1 is 1.00 bits per heavy atom. The van der Waals surface area contributed by atoms with Crippen molar-refractivity contribution < 1.29 is 28.5 Å². The standard InChI is InChI=1S/C37H31N3O7/c1-4-10-25-18-24(19-32(45-5-2)34(25)46-22-23-11-8-12-26(17-23)37(42)43)21-38-40-35(39-29-14-7-6-13-27(29)36(40)41)33-20-28-30(44-3)15-9-16-31(28)47-33/h4,6-9,11-21H,1,5,10,22H2,2-3H3,(H,42,43). The Hall–Kier alpha value is -6.16. The molecule has 0 fully saturated rings. The lowest BCUT2D eigenvalue weighted by atomic mass is 10.1. The van der Waals surface area contributed by atoms with E-state index in [0.717, 1.165) is 10.9 Å². The molecule has 0 bridgehead atoms. The summed E-state index contributed by atoms with van der Waals surface area (Å²) in [4.78, 5) is 30.0. The Morgan fingerprint density at radius 3 is 2.62 bits per heavy atom. The van der Waals surface area contributed by atoms with Gasteiger partial charge in [0, 0.05) is 5.56 Å². The van der Waals surface area contributed by atoms with Crippen LogP contribution in [0.2, 0.25) is 0 Å². The molecular weight excluding hydrogens is 598 g/mol. The molecule has 6 aromatic rings. The Bertz CT molecular complexity index is 2210. The molecular formula is C37H31N3O7. The average Bonchev–Trinajstić information content (AvgIpc) is 3.52. The molecule has 0 saturated heterocycles. The number of ether oxygens (including phenoxy) is 3. The summed E-state index contributed by atoms with van der Waals surface area (Å²) >= 11 is 0. The summed E-state index contributed by atoms with van der Waals surface area (Å²) < 4.78 is 25.0. The molecule has 6 rings (SSSR count). The van der Waals surface area contributed by atoms with E-state index in [1.165, 1.54) is 10.7 Å². The molecule has 0 aliphatic carbocycles. The largest absolute Gasteiger partial charge is 0.496 e. The van der Waals surface area contributed by atoms with Gasteiger partial charge in [0.05, 0.1) is 41.8 Å². The van der Waals surface area contributed by atoms with Gasteiger partial charge in [0.2, 0.25) is 5.82 Å². The van der Waals surface area contributed by atoms with E-state index in [0.29, 0.717) is 63.6 Å². The third-order valence-electron chi connectivity index (χ3n) is 7.41. The highest BCUT2D eigenvalue weighted by molar-refractivity contribution is 5.89. The molecule has 2 aromatic heterocycles. The fraction of sp³-hybridized carbons (Fsp3) is 0.135. The molecule has 0 aliphatic rings. The van der Waals surface area contributed by atoms with Gasteiger partial charge >= 0.3 is 5.97 Å². The first-order valence-electron chi connectivity index (χ1n) is 14.9. The number of para-hydroxylation sites is 1. The summed E-state index contributed by atoms with van der Waals surface area (Å²) in [6.45, 7) is 6.25. The molecule has 236 valence electrons. The van der Waals surface area contributed by atoms with Crippen LogP contribution in [0.3, 0.4) is 0 Å². The number of allylic oxidation sites excluding steroid dienone is 1. The van der Waals surface area contributed by atoms with E-state index in [2.05, 4.69) is 11.7 Å². The van der Waals surface area contributed by atoms with Gasteiger partial charge in [0.1, 0.15) is 17.9 Å². The van der Waals surface area contributed by atoms with Crippen LogP contribution in [0.25, 0.3) is 33.5 Å². The average molecular weight is 630 g/mol. The Morgan fingerprint density at radius 2 is 1.83 bits per heavy atom. The molecule has 10 nitrogen and oxygen atoms in total. The number of carboxylic acids is 1. The van der Waals surface area contributed by atoms with E-state index in [1.807, 2.05) is 37.3 Å². The van der Waals surface area contributed by atoms with Crippen molar-refractivity contribution in [3.63, 3.8) is 0 Å². The minimum Gasteiger partial charge on any atom is -0.496 e. The molecule has 0 unspecified atom stereocenters. The molecule has 0 atom stereocenters. The van der Waals surface area contributed by atoms with Crippen molar-refractivity contribution in [2.45, 2.75) is 20.0 Å². The summed E-state index contributed by atoms with van der Waals surface area (Å²) in [5.74, 6) is 1.17. The number of carbonyl (C=O) groups is 1. The van der Waals surface area contributed by atoms with Crippen LogP contribution in [-0.2, 0) is 13.0 Å². The number of fused-ring (bicyclic) bond motifs is 2. The van der Waals surface area contributed by atoms with Gasteiger partial charge in [-0.15, -0.1) is 6.58 Å². The lowest BCUT2D eigenvalue weighted by molar-refractivity contribution is 0.0696. The second-order valence-electron chi connectivity index (χ2n) is 10.5. The van der Waals surface area contributed by atoms with Gasteiger partial charge in [-0.05, 0) is 79.1 Å². The zero-order valence-electron chi connectivity index (χ0n) is 25.8. The van der Waals surface area contributed by atoms with Gasteiger partial charge in [-0.2, -0.15) is 9.78 Å². The van der Waals surface area contributed by atoms with Gasteiger partial charge in [0.25, 0.3) is 5.56 Å². The number of aromatic nitrogens is 2. The molecule has 2 heterocycles. The van der Waals surface area contributed by atoms with Crippen LogP contribution in [0.15, 0.2) is 112 Å². The quantitative estimate of drug-likeness (QED) is 0.112. The SMILES string of the molecule is C=CCc1cc(C=Nn2c(-c3cc4c(OC)cccc4o3)nc3ccccc3c2=O)cc(OCC)c1OCc1cccc(C(=O)O)c1. The predicted molar refractivity (Wildman–Crippen MR) is 180 cm³/mol. The van der Waals surface area contributed by atoms with Crippen LogP contribution in [0.5, 0.6) is 17.2 Å². The van der Waals surface area contributed by atoms with Crippen molar-refractivity contribution in [3.05, 3.63) is 130 Å². The fourth-order valence-electron chi connectivity index (χ4n) is 5.28. The van der Waals surface area contributed by atoms with Crippen molar-refractivity contribution in [3.8, 4) is 28.8 Å². The minimum absolute atomic E-state index is 0.128. The van der Waals surface area contributed by atoms with Crippen LogP contribution in [0.4, 0.5) is 0 Å². The van der Waals surface area contributed by atoms with Crippen molar-refractivity contribution in [2.75, 3.05) is 13.7 Å². The Labute approximate surface area is 269 Å². The third kappa shape index (κ3) is 6.34. The first kappa shape index (κ1) is 30.8. The number of furan rings is 1. The lowest BCUT2D eigenvalue weighted by Gasteiger charge is -2.17. The number of benzene rings is 4. The third-order valence-corrected chi connectivity index (χ3v) is 7.41. The summed E-state index contributed by atoms with van der Waals surface area (Å²) in [5.41, 5.74) is 3.01. The highest BCUT2D eigenvalue weighted by atomic mass is 16.5. The fourth-order valence-corrected chi connectivity index (χ4v) is 5.28. The molecule has 47 heavy (non-hydrogen) atoms. The maximum atomic E-state index is 13.8. The second-order valence-corrected chi connectivity index (χ2v) is 10.5. The number of hydrogen-bond donors (Lipinski definition) is 1. The molecule has 0 amide bonds. The maximum absolute atomic E-state index is 13.8. The van der Waals surface area contributed by atoms with Crippen molar-refractivity contribution >= 4 is 34.1 Å². The number of nitrogens with zero attached hydrogens (tertiary/aromatic N) is 3. The van der Waals surface area contributed by atoms with E-state index in [1.54, 1.807) is 67.9 Å². The second kappa shape index (κ2) is 13.5. The zero-order chi connectivity index (χ0) is 32.9. The van der Waals surface area contributed by atoms with Crippen LogP contribution in [0.1, 0.15) is 34.0 Å². The van der Waals surface area contributed by atoms with E-state index < -0.39 is 5.97 Å². The van der Waals surface area contributed by atoms with Crippen molar-refractivity contribution in [1.82, 2.24) is 9.66 Å². The van der Waals surface area contributed by atoms with E-state index in [9.17, 15) is 14.7 Å². The lowest BCUT2D eigenvalue weighted by Crippen LogP contribution is -2.20.